The number of amides is 2. The molecule has 0 atom stereocenters. The molecule has 3 rings (SSSR count). The van der Waals surface area contributed by atoms with E-state index in [1.165, 1.54) is 0 Å². The van der Waals surface area contributed by atoms with Crippen LogP contribution in [-0.4, -0.2) is 18.6 Å². The van der Waals surface area contributed by atoms with E-state index in [1.54, 1.807) is 0 Å². The molecule has 0 saturated heterocycles. The molecule has 142 valence electrons. The number of fused-ring (bicyclic) bond motifs is 1. The number of rotatable bonds is 7. The Morgan fingerprint density at radius 2 is 1.67 bits per heavy atom. The first kappa shape index (κ1) is 18.8. The standard InChI is InChI=1S/C21H24N2O4/c1-3-15-6-5-7-16(4-2)21(15)23-20(25)11-19(24)22-12-14-8-9-17-18(10-14)27-13-26-17/h5-10H,3-4,11-13H2,1-2H3,(H,22,24)(H,23,25). The fourth-order valence-corrected chi connectivity index (χ4v) is 3.05. The number of hydrogen-bond donors (Lipinski definition) is 2. The molecule has 2 N–H and O–H groups in total. The Bertz CT molecular complexity index is 826. The first-order valence-corrected chi connectivity index (χ1v) is 9.16. The molecule has 1 aliphatic heterocycles. The zero-order valence-corrected chi connectivity index (χ0v) is 15.6. The summed E-state index contributed by atoms with van der Waals surface area (Å²) in [6.07, 6.45) is 1.42. The van der Waals surface area contributed by atoms with Crippen LogP contribution in [0.3, 0.4) is 0 Å². The van der Waals surface area contributed by atoms with Crippen LogP contribution in [0.5, 0.6) is 11.5 Å². The highest BCUT2D eigenvalue weighted by atomic mass is 16.7. The maximum Gasteiger partial charge on any atom is 0.233 e. The molecule has 0 bridgehead atoms. The average molecular weight is 368 g/mol. The largest absolute Gasteiger partial charge is 0.454 e. The smallest absolute Gasteiger partial charge is 0.233 e. The third-order valence-electron chi connectivity index (χ3n) is 4.51. The van der Waals surface area contributed by atoms with Gasteiger partial charge in [0, 0.05) is 12.2 Å². The Morgan fingerprint density at radius 3 is 2.37 bits per heavy atom. The van der Waals surface area contributed by atoms with Crippen LogP contribution in [0.25, 0.3) is 0 Å². The van der Waals surface area contributed by atoms with Crippen LogP contribution in [0, 0.1) is 0 Å². The van der Waals surface area contributed by atoms with Crippen molar-refractivity contribution in [1.29, 1.82) is 0 Å². The number of aryl methyl sites for hydroxylation is 2. The third kappa shape index (κ3) is 4.58. The zero-order chi connectivity index (χ0) is 19.2. The summed E-state index contributed by atoms with van der Waals surface area (Å²) in [6.45, 7) is 4.63. The molecule has 1 aliphatic rings. The first-order valence-electron chi connectivity index (χ1n) is 9.16. The molecule has 6 nitrogen and oxygen atoms in total. The van der Waals surface area contributed by atoms with E-state index in [0.717, 1.165) is 35.2 Å². The maximum atomic E-state index is 12.3. The molecule has 0 fully saturated rings. The van der Waals surface area contributed by atoms with Gasteiger partial charge in [-0.05, 0) is 41.7 Å². The summed E-state index contributed by atoms with van der Waals surface area (Å²) in [5.74, 6) is 0.736. The molecule has 0 radical (unpaired) electrons. The number of carbonyl (C=O) groups is 2. The topological polar surface area (TPSA) is 76.7 Å². The van der Waals surface area contributed by atoms with Crippen molar-refractivity contribution in [3.63, 3.8) is 0 Å². The van der Waals surface area contributed by atoms with Gasteiger partial charge in [0.2, 0.25) is 18.6 Å². The lowest BCUT2D eigenvalue weighted by Crippen LogP contribution is -2.28. The van der Waals surface area contributed by atoms with Gasteiger partial charge in [-0.15, -0.1) is 0 Å². The molecule has 27 heavy (non-hydrogen) atoms. The molecule has 2 amide bonds. The van der Waals surface area contributed by atoms with Crippen LogP contribution < -0.4 is 20.1 Å². The van der Waals surface area contributed by atoms with Crippen LogP contribution in [0.1, 0.15) is 37.0 Å². The second-order valence-corrected chi connectivity index (χ2v) is 6.35. The number of para-hydroxylation sites is 1. The minimum atomic E-state index is -0.322. The molecule has 0 unspecified atom stereocenters. The van der Waals surface area contributed by atoms with Crippen LogP contribution >= 0.6 is 0 Å². The van der Waals surface area contributed by atoms with Gasteiger partial charge in [-0.1, -0.05) is 38.1 Å². The number of benzene rings is 2. The minimum absolute atomic E-state index is 0.213. The van der Waals surface area contributed by atoms with E-state index >= 15 is 0 Å². The lowest BCUT2D eigenvalue weighted by Gasteiger charge is -2.14. The summed E-state index contributed by atoms with van der Waals surface area (Å²) in [5.41, 5.74) is 3.86. The van der Waals surface area contributed by atoms with Gasteiger partial charge in [-0.3, -0.25) is 9.59 Å². The van der Waals surface area contributed by atoms with Crippen molar-refractivity contribution in [2.45, 2.75) is 39.7 Å². The van der Waals surface area contributed by atoms with Crippen molar-refractivity contribution in [2.24, 2.45) is 0 Å². The van der Waals surface area contributed by atoms with E-state index < -0.39 is 0 Å². The van der Waals surface area contributed by atoms with Crippen LogP contribution in [0.15, 0.2) is 36.4 Å². The Morgan fingerprint density at radius 1 is 0.963 bits per heavy atom. The molecule has 0 spiro atoms. The summed E-state index contributed by atoms with van der Waals surface area (Å²) in [5, 5.41) is 5.68. The SMILES string of the molecule is CCc1cccc(CC)c1NC(=O)CC(=O)NCc1ccc2c(c1)OCO2. The highest BCUT2D eigenvalue weighted by molar-refractivity contribution is 6.04. The number of nitrogens with one attached hydrogen (secondary N) is 2. The van der Waals surface area contributed by atoms with Crippen molar-refractivity contribution in [2.75, 3.05) is 12.1 Å². The minimum Gasteiger partial charge on any atom is -0.454 e. The van der Waals surface area contributed by atoms with Gasteiger partial charge in [0.25, 0.3) is 0 Å². The van der Waals surface area contributed by atoms with Crippen molar-refractivity contribution in [3.8, 4) is 11.5 Å². The Kier molecular flexibility index (Phi) is 5.96. The number of carbonyl (C=O) groups excluding carboxylic acids is 2. The lowest BCUT2D eigenvalue weighted by molar-refractivity contribution is -0.126. The van der Waals surface area contributed by atoms with Gasteiger partial charge in [-0.2, -0.15) is 0 Å². The number of ether oxygens (including phenoxy) is 2. The second kappa shape index (κ2) is 8.58. The van der Waals surface area contributed by atoms with E-state index in [9.17, 15) is 9.59 Å². The highest BCUT2D eigenvalue weighted by Gasteiger charge is 2.15. The predicted octanol–water partition coefficient (Wildman–Crippen LogP) is 3.19. The van der Waals surface area contributed by atoms with Gasteiger partial charge >= 0.3 is 0 Å². The van der Waals surface area contributed by atoms with E-state index in [0.29, 0.717) is 18.0 Å². The average Bonchev–Trinajstić information content (AvgIpc) is 3.14. The molecule has 0 saturated carbocycles. The summed E-state index contributed by atoms with van der Waals surface area (Å²) in [4.78, 5) is 24.4. The molecular weight excluding hydrogens is 344 g/mol. The molecular formula is C21H24N2O4. The van der Waals surface area contributed by atoms with E-state index in [-0.39, 0.29) is 25.0 Å². The fraction of sp³-hybridized carbons (Fsp3) is 0.333. The molecule has 1 heterocycles. The molecule has 0 aromatic heterocycles. The Balaban J connectivity index is 1.55. The van der Waals surface area contributed by atoms with Gasteiger partial charge in [-0.25, -0.2) is 0 Å². The van der Waals surface area contributed by atoms with Crippen molar-refractivity contribution in [1.82, 2.24) is 5.32 Å². The number of anilines is 1. The monoisotopic (exact) mass is 368 g/mol. The quantitative estimate of drug-likeness (QED) is 0.736. The van der Waals surface area contributed by atoms with Gasteiger partial charge in [0.05, 0.1) is 0 Å². The summed E-state index contributed by atoms with van der Waals surface area (Å²) in [7, 11) is 0. The van der Waals surface area contributed by atoms with E-state index in [2.05, 4.69) is 10.6 Å². The van der Waals surface area contributed by atoms with E-state index in [4.69, 9.17) is 9.47 Å². The summed E-state index contributed by atoms with van der Waals surface area (Å²) < 4.78 is 10.6. The second-order valence-electron chi connectivity index (χ2n) is 6.35. The van der Waals surface area contributed by atoms with Crippen molar-refractivity contribution in [3.05, 3.63) is 53.1 Å². The van der Waals surface area contributed by atoms with Crippen molar-refractivity contribution < 1.29 is 19.1 Å². The van der Waals surface area contributed by atoms with E-state index in [1.807, 2.05) is 50.2 Å². The van der Waals surface area contributed by atoms with Crippen LogP contribution in [0.2, 0.25) is 0 Å². The van der Waals surface area contributed by atoms with Crippen LogP contribution in [0.4, 0.5) is 5.69 Å². The molecule has 2 aromatic rings. The maximum absolute atomic E-state index is 12.3. The zero-order valence-electron chi connectivity index (χ0n) is 15.6. The van der Waals surface area contributed by atoms with Gasteiger partial charge in [0.15, 0.2) is 11.5 Å². The molecule has 2 aromatic carbocycles. The summed E-state index contributed by atoms with van der Waals surface area (Å²) >= 11 is 0. The first-order chi connectivity index (χ1) is 13.1. The Hall–Kier alpha value is -3.02. The lowest BCUT2D eigenvalue weighted by atomic mass is 10.0. The van der Waals surface area contributed by atoms with Gasteiger partial charge in [0.1, 0.15) is 6.42 Å². The normalized spacial score (nSPS) is 11.9. The van der Waals surface area contributed by atoms with Gasteiger partial charge < -0.3 is 20.1 Å². The molecule has 0 aliphatic carbocycles. The predicted molar refractivity (Wildman–Crippen MR) is 103 cm³/mol. The Labute approximate surface area is 158 Å². The third-order valence-corrected chi connectivity index (χ3v) is 4.51. The number of hydrogen-bond acceptors (Lipinski definition) is 4. The van der Waals surface area contributed by atoms with Crippen molar-refractivity contribution >= 4 is 17.5 Å². The highest BCUT2D eigenvalue weighted by Crippen LogP contribution is 2.32. The fourth-order valence-electron chi connectivity index (χ4n) is 3.05. The van der Waals surface area contributed by atoms with Crippen LogP contribution in [-0.2, 0) is 29.0 Å². The molecule has 6 heteroatoms. The summed E-state index contributed by atoms with van der Waals surface area (Å²) in [6, 6.07) is 11.5.